The zero-order chi connectivity index (χ0) is 12.2. The fourth-order valence-electron chi connectivity index (χ4n) is 0.793. The Morgan fingerprint density at radius 3 is 1.83 bits per heavy atom. The minimum absolute atomic E-state index is 0. The van der Waals surface area contributed by atoms with Crippen LogP contribution in [0.2, 0.25) is 0 Å². The molecule has 0 heterocycles. The van der Waals surface area contributed by atoms with Crippen LogP contribution in [-0.4, -0.2) is 3.81 Å². The predicted octanol–water partition coefficient (Wildman–Crippen LogP) is 4.08. The maximum atomic E-state index is 2.99. The second kappa shape index (κ2) is 17.3. The van der Waals surface area contributed by atoms with Crippen molar-refractivity contribution in [2.24, 2.45) is 0 Å². The summed E-state index contributed by atoms with van der Waals surface area (Å²) in [4.78, 5) is 0. The number of hydrogen-bond donors (Lipinski definition) is 0. The van der Waals surface area contributed by atoms with Crippen molar-refractivity contribution < 1.29 is 20.0 Å². The number of benzene rings is 1. The molecule has 99 valence electrons. The molecule has 0 fully saturated rings. The summed E-state index contributed by atoms with van der Waals surface area (Å²) < 4.78 is 1.42. The third kappa shape index (κ3) is 21.6. The molecule has 4 heteroatoms. The molecule has 0 aromatic heterocycles. The standard InChI is InChI=1S/C6H7P.C5H5.C3H6.2ClH.Ti/c7-6-4-2-1-3-5-6;1-2-4-5-3-1;1-3-2;;;/h1-5H,7H2;1-3H,4H2;1-2H3;2*1H;/q;-1;;;;+1. The molecule has 0 amide bonds. The van der Waals surface area contributed by atoms with Gasteiger partial charge in [-0.1, -0.05) is 30.3 Å². The third-order valence-electron chi connectivity index (χ3n) is 1.39. The molecule has 0 aliphatic heterocycles. The number of halogens is 2. The van der Waals surface area contributed by atoms with Crippen molar-refractivity contribution in [2.45, 2.75) is 20.3 Å². The van der Waals surface area contributed by atoms with Crippen LogP contribution in [0.1, 0.15) is 20.3 Å². The largest absolute Gasteiger partial charge is 0.273 e. The van der Waals surface area contributed by atoms with E-state index in [9.17, 15) is 0 Å². The minimum atomic E-state index is 0. The van der Waals surface area contributed by atoms with Crippen LogP contribution in [0.15, 0.2) is 48.6 Å². The Morgan fingerprint density at radius 2 is 1.67 bits per heavy atom. The van der Waals surface area contributed by atoms with Crippen LogP contribution in [-0.2, 0) is 20.0 Å². The van der Waals surface area contributed by atoms with Crippen molar-refractivity contribution in [3.05, 3.63) is 54.6 Å². The summed E-state index contributed by atoms with van der Waals surface area (Å²) in [6.45, 7) is 4.17. The van der Waals surface area contributed by atoms with Crippen LogP contribution in [0.3, 0.4) is 0 Å². The second-order valence-electron chi connectivity index (χ2n) is 3.41. The van der Waals surface area contributed by atoms with Crippen molar-refractivity contribution in [3.8, 4) is 0 Å². The number of rotatable bonds is 0. The van der Waals surface area contributed by atoms with Gasteiger partial charge in [0.05, 0.1) is 0 Å². The average molecular weight is 338 g/mol. The van der Waals surface area contributed by atoms with Gasteiger partial charge in [-0.3, -0.25) is 6.08 Å². The van der Waals surface area contributed by atoms with Crippen molar-refractivity contribution in [1.29, 1.82) is 0 Å². The molecule has 1 aromatic rings. The van der Waals surface area contributed by atoms with Crippen molar-refractivity contribution >= 4 is 43.2 Å². The summed E-state index contributed by atoms with van der Waals surface area (Å²) >= 11 is 2.08. The Labute approximate surface area is 137 Å². The van der Waals surface area contributed by atoms with Gasteiger partial charge in [-0.05, 0) is 5.30 Å². The van der Waals surface area contributed by atoms with Gasteiger partial charge in [0.2, 0.25) is 0 Å². The topological polar surface area (TPSA) is 0 Å². The molecule has 1 aliphatic rings. The van der Waals surface area contributed by atoms with Gasteiger partial charge in [-0.15, -0.1) is 40.5 Å². The molecular formula is C14H20Cl2PTi. The summed E-state index contributed by atoms with van der Waals surface area (Å²) in [7, 11) is 2.63. The first-order valence-electron chi connectivity index (χ1n) is 5.17. The van der Waals surface area contributed by atoms with E-state index in [4.69, 9.17) is 0 Å². The van der Waals surface area contributed by atoms with Gasteiger partial charge in [-0.25, -0.2) is 12.2 Å². The van der Waals surface area contributed by atoms with Gasteiger partial charge in [0.15, 0.2) is 0 Å². The Kier molecular flexibility index (Phi) is 22.5. The Morgan fingerprint density at radius 1 is 1.17 bits per heavy atom. The molecule has 18 heavy (non-hydrogen) atoms. The second-order valence-corrected chi connectivity index (χ2v) is 5.64. The molecule has 1 atom stereocenters. The van der Waals surface area contributed by atoms with Crippen molar-refractivity contribution in [3.63, 3.8) is 0 Å². The minimum Gasteiger partial charge on any atom is -0.273 e. The normalized spacial score (nSPS) is 9.83. The molecule has 0 radical (unpaired) electrons. The quantitative estimate of drug-likeness (QED) is 0.380. The molecule has 1 aromatic carbocycles. The summed E-state index contributed by atoms with van der Waals surface area (Å²) in [5, 5.41) is 1.24. The van der Waals surface area contributed by atoms with E-state index in [1.54, 1.807) is 0 Å². The third-order valence-corrected chi connectivity index (χ3v) is 1.77. The van der Waals surface area contributed by atoms with E-state index < -0.39 is 0 Å². The van der Waals surface area contributed by atoms with E-state index >= 15 is 0 Å². The smallest absolute Gasteiger partial charge is 0.0303 e. The van der Waals surface area contributed by atoms with E-state index in [-0.39, 0.29) is 24.8 Å². The van der Waals surface area contributed by atoms with Gasteiger partial charge >= 0.3 is 37.6 Å². The number of allylic oxidation sites excluding steroid dienone is 4. The van der Waals surface area contributed by atoms with Crippen molar-refractivity contribution in [1.82, 2.24) is 0 Å². The summed E-state index contributed by atoms with van der Waals surface area (Å²) in [5.74, 6) is 0. The summed E-state index contributed by atoms with van der Waals surface area (Å²) in [6, 6.07) is 10.1. The van der Waals surface area contributed by atoms with E-state index in [1.165, 1.54) is 9.12 Å². The first-order chi connectivity index (χ1) is 7.63. The maximum Gasteiger partial charge on any atom is -0.0303 e. The molecule has 0 spiro atoms. The molecule has 0 N–H and O–H groups in total. The molecule has 0 saturated carbocycles. The SMILES string of the molecule is C[C](C)=[Ti+].Cl.Cl.Pc1ccccc1.[C-]1=CC=CC1. The molecule has 1 aliphatic carbocycles. The van der Waals surface area contributed by atoms with Gasteiger partial charge in [0.25, 0.3) is 0 Å². The van der Waals surface area contributed by atoms with Gasteiger partial charge in [-0.2, -0.15) is 6.08 Å². The van der Waals surface area contributed by atoms with Crippen LogP contribution in [0.25, 0.3) is 0 Å². The predicted molar refractivity (Wildman–Crippen MR) is 88.2 cm³/mol. The average Bonchev–Trinajstić information content (AvgIpc) is 2.75. The van der Waals surface area contributed by atoms with Gasteiger partial charge < -0.3 is 0 Å². The summed E-state index contributed by atoms with van der Waals surface area (Å²) in [5.41, 5.74) is 0. The first-order valence-corrected chi connectivity index (χ1v) is 6.52. The number of hydrogen-bond acceptors (Lipinski definition) is 0. The monoisotopic (exact) mass is 337 g/mol. The first kappa shape index (κ1) is 23.4. The van der Waals surface area contributed by atoms with Gasteiger partial charge in [0.1, 0.15) is 0 Å². The molecule has 2 rings (SSSR count). The molecular weight excluding hydrogens is 318 g/mol. The van der Waals surface area contributed by atoms with E-state index in [0.29, 0.717) is 0 Å². The Bertz CT molecular complexity index is 334. The van der Waals surface area contributed by atoms with Crippen LogP contribution in [0.4, 0.5) is 0 Å². The fraction of sp³-hybridized carbons (Fsp3) is 0.214. The fourth-order valence-corrected chi connectivity index (χ4v) is 1.02. The van der Waals surface area contributed by atoms with Crippen LogP contribution < -0.4 is 5.30 Å². The van der Waals surface area contributed by atoms with Crippen LogP contribution in [0, 0.1) is 6.08 Å². The Hall–Kier alpha value is 0.294. The van der Waals surface area contributed by atoms with E-state index in [1.807, 2.05) is 42.5 Å². The zero-order valence-electron chi connectivity index (χ0n) is 10.7. The van der Waals surface area contributed by atoms with E-state index in [2.05, 4.69) is 55.2 Å². The van der Waals surface area contributed by atoms with Crippen LogP contribution in [0.5, 0.6) is 0 Å². The van der Waals surface area contributed by atoms with Crippen molar-refractivity contribution in [2.75, 3.05) is 0 Å². The summed E-state index contributed by atoms with van der Waals surface area (Å²) in [6.07, 6.45) is 10.0. The van der Waals surface area contributed by atoms with Gasteiger partial charge in [0, 0.05) is 0 Å². The molecule has 0 bridgehead atoms. The van der Waals surface area contributed by atoms with Crippen LogP contribution >= 0.6 is 34.1 Å². The van der Waals surface area contributed by atoms with E-state index in [0.717, 1.165) is 6.42 Å². The zero-order valence-corrected chi connectivity index (χ0v) is 15.1. The molecule has 0 saturated heterocycles. The maximum absolute atomic E-state index is 2.99. The molecule has 0 nitrogen and oxygen atoms in total. The Balaban J connectivity index is -0.000000185. The molecule has 1 unspecified atom stereocenters.